The lowest BCUT2D eigenvalue weighted by Crippen LogP contribution is -2.82. The summed E-state index contributed by atoms with van der Waals surface area (Å²) >= 11 is 0. The maximum atomic E-state index is 16.0. The quantitative estimate of drug-likeness (QED) is 0.0698. The zero-order chi connectivity index (χ0) is 48.0. The van der Waals surface area contributed by atoms with Gasteiger partial charge in [-0.05, 0) is 48.3 Å². The van der Waals surface area contributed by atoms with Crippen LogP contribution in [0.1, 0.15) is 68.9 Å². The first-order chi connectivity index (χ1) is 31.0. The molecule has 4 aliphatic rings. The molecule has 0 aromatic heterocycles. The van der Waals surface area contributed by atoms with Crippen LogP contribution < -0.4 is 0 Å². The van der Waals surface area contributed by atoms with Crippen molar-refractivity contribution in [2.45, 2.75) is 108 Å². The van der Waals surface area contributed by atoms with Gasteiger partial charge in [0.05, 0.1) is 29.6 Å². The lowest BCUT2D eigenvalue weighted by Gasteiger charge is -2.67. The van der Waals surface area contributed by atoms with E-state index in [4.69, 9.17) is 37.3 Å². The van der Waals surface area contributed by atoms with Crippen LogP contribution in [0.25, 0.3) is 0 Å². The first-order valence-corrected chi connectivity index (χ1v) is 22.2. The zero-order valence-corrected chi connectivity index (χ0v) is 37.1. The van der Waals surface area contributed by atoms with Crippen molar-refractivity contribution in [3.63, 3.8) is 0 Å². The summed E-state index contributed by atoms with van der Waals surface area (Å²) in [7, 11) is -6.57. The van der Waals surface area contributed by atoms with Crippen LogP contribution in [0.4, 0.5) is 22.8 Å². The minimum Gasteiger partial charge on any atom is -0.455 e. The van der Waals surface area contributed by atoms with E-state index in [1.54, 1.807) is 66.7 Å². The topological polar surface area (TPSA) is 214 Å². The molecule has 66 heavy (non-hydrogen) atoms. The Balaban J connectivity index is 1.47. The monoisotopic (exact) mass is 944 g/mol. The van der Waals surface area contributed by atoms with Crippen molar-refractivity contribution in [3.8, 4) is 0 Å². The number of carbonyl (C=O) groups is 5. The second kappa shape index (κ2) is 17.8. The summed E-state index contributed by atoms with van der Waals surface area (Å²) in [6.07, 6.45) is -14.3. The van der Waals surface area contributed by atoms with Crippen LogP contribution in [-0.2, 0) is 70.3 Å². The van der Waals surface area contributed by atoms with Crippen molar-refractivity contribution >= 4 is 40.2 Å². The van der Waals surface area contributed by atoms with E-state index >= 15 is 4.79 Å². The molecule has 0 unspecified atom stereocenters. The van der Waals surface area contributed by atoms with Crippen LogP contribution in [0.2, 0.25) is 0 Å². The average Bonchev–Trinajstić information content (AvgIpc) is 3.26. The Bertz CT molecular complexity index is 2500. The predicted molar refractivity (Wildman–Crippen MR) is 220 cm³/mol. The van der Waals surface area contributed by atoms with Gasteiger partial charge in [-0.25, -0.2) is 14.4 Å². The number of esters is 2. The number of hydrogen-bond acceptors (Lipinski definition) is 16. The van der Waals surface area contributed by atoms with Crippen LogP contribution in [0, 0.1) is 16.7 Å². The van der Waals surface area contributed by atoms with Gasteiger partial charge in [0.2, 0.25) is 0 Å². The van der Waals surface area contributed by atoms with Gasteiger partial charge in [-0.15, -0.1) is 0 Å². The van der Waals surface area contributed by atoms with Crippen LogP contribution in [-0.4, -0.2) is 97.4 Å². The van der Waals surface area contributed by atoms with E-state index in [1.807, 2.05) is 0 Å². The molecule has 1 aliphatic heterocycles. The number of fused-ring (bicyclic) bond motifs is 5. The van der Waals surface area contributed by atoms with Crippen LogP contribution in [0.5, 0.6) is 0 Å². The number of halogens is 3. The fourth-order valence-electron chi connectivity index (χ4n) is 9.89. The second-order valence-electron chi connectivity index (χ2n) is 17.4. The number of alkyl halides is 3. The summed E-state index contributed by atoms with van der Waals surface area (Å²) in [6, 6.07) is 24.0. The van der Waals surface area contributed by atoms with Gasteiger partial charge in [-0.3, -0.25) is 13.8 Å². The largest absolute Gasteiger partial charge is 0.523 e. The molecule has 0 amide bonds. The molecule has 1 N–H and O–H groups in total. The summed E-state index contributed by atoms with van der Waals surface area (Å²) < 4.78 is 114. The molecule has 2 bridgehead atoms. The molecule has 16 nitrogen and oxygen atoms in total. The Kier molecular flexibility index (Phi) is 12.9. The van der Waals surface area contributed by atoms with Crippen molar-refractivity contribution in [3.05, 3.63) is 119 Å². The summed E-state index contributed by atoms with van der Waals surface area (Å²) in [5, 5.41) is 13.7. The highest BCUT2D eigenvalue weighted by atomic mass is 32.2. The fourth-order valence-corrected chi connectivity index (χ4v) is 10.6. The standard InChI is InChI=1S/C46H47F3O16S/c1-26-31(61-40(53)58-23-28-15-9-6-10-16-28)22-45(55)38(63-39(52)30-19-13-8-14-20-30)36-43(5,32(65-66(56,57)46(47,48)49)21-33-44(36,25-60-33)64-27(2)50)37(51)35(34(26)42(45,3)4)62-41(54)59-24-29-17-11-7-12-18-29/h6-20,31-33,35-36,38,55H,21-25H2,1-5H3/t31-,32-,33+,35+,36-,38-,43+,44-,45+/m0/s1. The number of ketones is 1. The maximum Gasteiger partial charge on any atom is 0.523 e. The van der Waals surface area contributed by atoms with Gasteiger partial charge in [-0.2, -0.15) is 21.6 Å². The smallest absolute Gasteiger partial charge is 0.455 e. The molecular weight excluding hydrogens is 898 g/mol. The molecule has 0 radical (unpaired) electrons. The predicted octanol–water partition coefficient (Wildman–Crippen LogP) is 6.68. The number of rotatable bonds is 11. The number of carbonyl (C=O) groups excluding carboxylic acids is 5. The van der Waals surface area contributed by atoms with Gasteiger partial charge in [0, 0.05) is 25.2 Å². The highest BCUT2D eigenvalue weighted by Gasteiger charge is 2.79. The summed E-state index contributed by atoms with van der Waals surface area (Å²) in [5.41, 5.74) is -15.0. The molecule has 1 heterocycles. The third kappa shape index (κ3) is 8.54. The Morgan fingerprint density at radius 2 is 1.35 bits per heavy atom. The van der Waals surface area contributed by atoms with Crippen LogP contribution in [0.3, 0.4) is 0 Å². The lowest BCUT2D eigenvalue weighted by atomic mass is 9.44. The minimum absolute atomic E-state index is 0.0125. The van der Waals surface area contributed by atoms with Crippen molar-refractivity contribution < 1.29 is 88.0 Å². The van der Waals surface area contributed by atoms with Crippen LogP contribution >= 0.6 is 0 Å². The molecule has 3 aromatic rings. The van der Waals surface area contributed by atoms with Gasteiger partial charge in [0.25, 0.3) is 0 Å². The van der Waals surface area contributed by atoms with Crippen molar-refractivity contribution in [1.29, 1.82) is 0 Å². The number of aliphatic hydroxyl groups is 1. The van der Waals surface area contributed by atoms with E-state index in [0.717, 1.165) is 13.8 Å². The van der Waals surface area contributed by atoms with Gasteiger partial charge < -0.3 is 38.3 Å². The average molecular weight is 945 g/mol. The van der Waals surface area contributed by atoms with Gasteiger partial charge >= 0.3 is 39.9 Å². The van der Waals surface area contributed by atoms with E-state index in [0.29, 0.717) is 11.1 Å². The molecule has 2 saturated carbocycles. The van der Waals surface area contributed by atoms with E-state index in [-0.39, 0.29) is 23.3 Å². The molecule has 0 spiro atoms. The first-order valence-electron chi connectivity index (χ1n) is 20.8. The van der Waals surface area contributed by atoms with E-state index in [2.05, 4.69) is 0 Å². The van der Waals surface area contributed by atoms with Crippen molar-refractivity contribution in [1.82, 2.24) is 0 Å². The third-order valence-electron chi connectivity index (χ3n) is 13.2. The van der Waals surface area contributed by atoms with Gasteiger partial charge in [0.1, 0.15) is 37.1 Å². The zero-order valence-electron chi connectivity index (χ0n) is 36.3. The highest BCUT2D eigenvalue weighted by Crippen LogP contribution is 2.65. The van der Waals surface area contributed by atoms with E-state index in [9.17, 15) is 45.9 Å². The Labute approximate surface area is 377 Å². The number of hydrogen-bond donors (Lipinski definition) is 1. The number of ether oxygens (including phenoxy) is 7. The van der Waals surface area contributed by atoms with Crippen molar-refractivity contribution in [2.24, 2.45) is 16.7 Å². The highest BCUT2D eigenvalue weighted by molar-refractivity contribution is 7.87. The van der Waals surface area contributed by atoms with Crippen molar-refractivity contribution in [2.75, 3.05) is 6.61 Å². The number of benzene rings is 3. The molecule has 9 atom stereocenters. The second-order valence-corrected chi connectivity index (χ2v) is 19.0. The molecule has 20 heteroatoms. The van der Waals surface area contributed by atoms with E-state index in [1.165, 1.54) is 45.0 Å². The summed E-state index contributed by atoms with van der Waals surface area (Å²) in [4.78, 5) is 70.9. The molecule has 3 aromatic carbocycles. The SMILES string of the molecule is CC(=O)O[C@@]12CO[C@@H]1C[C@H](OS(=O)(=O)C(F)(F)F)[C@@]1(C)C(=O)[C@H](OC(=O)OCc3ccccc3)C3=C(C)[C@@H](OC(=O)OCc4ccccc4)C[C@@](O)([C@@H](OC(=O)c4ccccc4)[C@H]21)C3(C)C. The lowest BCUT2D eigenvalue weighted by molar-refractivity contribution is -0.344. The Hall–Kier alpha value is -5.83. The summed E-state index contributed by atoms with van der Waals surface area (Å²) in [5.74, 6) is -5.58. The Morgan fingerprint density at radius 3 is 1.85 bits per heavy atom. The van der Waals surface area contributed by atoms with E-state index < -0.39 is 130 Å². The van der Waals surface area contributed by atoms with Gasteiger partial charge in [-0.1, -0.05) is 92.7 Å². The van der Waals surface area contributed by atoms with Crippen LogP contribution in [0.15, 0.2) is 102 Å². The van der Waals surface area contributed by atoms with Gasteiger partial charge in [0.15, 0.2) is 17.5 Å². The fraction of sp³-hybridized carbons (Fsp3) is 0.457. The number of Topliss-reactive ketones (excluding diaryl/α,β-unsaturated/α-hetero) is 1. The normalized spacial score (nSPS) is 30.2. The summed E-state index contributed by atoms with van der Waals surface area (Å²) in [6.45, 7) is 4.89. The maximum absolute atomic E-state index is 16.0. The molecule has 7 rings (SSSR count). The molecular formula is C46H47F3O16S. The Morgan fingerprint density at radius 1 is 0.818 bits per heavy atom. The minimum atomic E-state index is -6.57. The molecule has 3 aliphatic carbocycles. The third-order valence-corrected chi connectivity index (χ3v) is 14.3. The first kappa shape index (κ1) is 48.1. The molecule has 3 fully saturated rings. The molecule has 1 saturated heterocycles. The molecule has 354 valence electrons.